The molecule has 2 aromatic rings. The van der Waals surface area contributed by atoms with Gasteiger partial charge in [-0.05, 0) is 30.9 Å². The lowest BCUT2D eigenvalue weighted by atomic mass is 10.1. The maximum atomic E-state index is 12.9. The van der Waals surface area contributed by atoms with Crippen molar-refractivity contribution >= 4 is 16.8 Å². The molecule has 1 aromatic heterocycles. The number of aromatic nitrogens is 2. The molecule has 2 fully saturated rings. The molecule has 1 aromatic carbocycles. The fourth-order valence-electron chi connectivity index (χ4n) is 4.15. The Morgan fingerprint density at radius 2 is 1.86 bits per heavy atom. The van der Waals surface area contributed by atoms with Crippen molar-refractivity contribution in [3.05, 3.63) is 40.4 Å². The van der Waals surface area contributed by atoms with E-state index < -0.39 is 0 Å². The Balaban J connectivity index is 1.44. The Morgan fingerprint density at radius 3 is 2.54 bits per heavy atom. The Kier molecular flexibility index (Phi) is 5.49. The normalized spacial score (nSPS) is 18.2. The van der Waals surface area contributed by atoms with Crippen LogP contribution in [0.3, 0.4) is 0 Å². The first kappa shape index (κ1) is 19.1. The molecule has 0 unspecified atom stereocenters. The quantitative estimate of drug-likeness (QED) is 0.770. The lowest BCUT2D eigenvalue weighted by Crippen LogP contribution is -2.49. The van der Waals surface area contributed by atoms with Crippen LogP contribution in [0.25, 0.3) is 10.9 Å². The standard InChI is InChI=1S/C22H30N4O2/c1-16(2)15-24-11-13-25(14-12-24)21(27)10-9-20-23-19-6-4-3-5-18(19)22(28)26(20)17-7-8-17/h3-6,16-17H,7-15H2,1-2H3. The highest BCUT2D eigenvalue weighted by molar-refractivity contribution is 5.78. The summed E-state index contributed by atoms with van der Waals surface area (Å²) in [5.74, 6) is 1.59. The Morgan fingerprint density at radius 1 is 1.14 bits per heavy atom. The van der Waals surface area contributed by atoms with Crippen LogP contribution in [0.1, 0.15) is 45.0 Å². The summed E-state index contributed by atoms with van der Waals surface area (Å²) in [6.07, 6.45) is 3.00. The molecule has 28 heavy (non-hydrogen) atoms. The molecule has 0 bridgehead atoms. The van der Waals surface area contributed by atoms with E-state index in [1.807, 2.05) is 33.7 Å². The summed E-state index contributed by atoms with van der Waals surface area (Å²) >= 11 is 0. The lowest BCUT2D eigenvalue weighted by molar-refractivity contribution is -0.133. The summed E-state index contributed by atoms with van der Waals surface area (Å²) < 4.78 is 1.84. The lowest BCUT2D eigenvalue weighted by Gasteiger charge is -2.35. The van der Waals surface area contributed by atoms with Crippen LogP contribution in [0.5, 0.6) is 0 Å². The molecule has 0 atom stereocenters. The first-order valence-electron chi connectivity index (χ1n) is 10.5. The highest BCUT2D eigenvalue weighted by atomic mass is 16.2. The number of amides is 1. The highest BCUT2D eigenvalue weighted by Crippen LogP contribution is 2.35. The minimum absolute atomic E-state index is 0.0397. The molecule has 1 amide bonds. The fourth-order valence-corrected chi connectivity index (χ4v) is 4.15. The largest absolute Gasteiger partial charge is 0.340 e. The molecular formula is C22H30N4O2. The van der Waals surface area contributed by atoms with E-state index in [1.54, 1.807) is 0 Å². The van der Waals surface area contributed by atoms with Crippen molar-refractivity contribution in [3.63, 3.8) is 0 Å². The van der Waals surface area contributed by atoms with Gasteiger partial charge in [-0.25, -0.2) is 4.98 Å². The van der Waals surface area contributed by atoms with Crippen LogP contribution in [0.15, 0.2) is 29.1 Å². The molecule has 2 heterocycles. The Hall–Kier alpha value is -2.21. The Bertz CT molecular complexity index is 908. The number of hydrogen-bond acceptors (Lipinski definition) is 4. The third-order valence-electron chi connectivity index (χ3n) is 5.70. The molecular weight excluding hydrogens is 352 g/mol. The summed E-state index contributed by atoms with van der Waals surface area (Å²) in [7, 11) is 0. The third kappa shape index (κ3) is 4.12. The maximum absolute atomic E-state index is 12.9. The number of aryl methyl sites for hydroxylation is 1. The zero-order valence-electron chi connectivity index (χ0n) is 16.9. The molecule has 0 radical (unpaired) electrons. The van der Waals surface area contributed by atoms with Crippen molar-refractivity contribution in [1.82, 2.24) is 19.4 Å². The fraction of sp³-hybridized carbons (Fsp3) is 0.591. The Labute approximate surface area is 166 Å². The van der Waals surface area contributed by atoms with Crippen molar-refractivity contribution in [1.29, 1.82) is 0 Å². The van der Waals surface area contributed by atoms with Crippen molar-refractivity contribution in [3.8, 4) is 0 Å². The van der Waals surface area contributed by atoms with Gasteiger partial charge in [0, 0.05) is 51.6 Å². The van der Waals surface area contributed by atoms with Gasteiger partial charge in [0.25, 0.3) is 5.56 Å². The minimum atomic E-state index is 0.0397. The monoisotopic (exact) mass is 382 g/mol. The van der Waals surface area contributed by atoms with E-state index in [1.165, 1.54) is 0 Å². The number of benzene rings is 1. The number of rotatable bonds is 6. The molecule has 1 aliphatic carbocycles. The van der Waals surface area contributed by atoms with E-state index in [-0.39, 0.29) is 17.5 Å². The van der Waals surface area contributed by atoms with Gasteiger partial charge >= 0.3 is 0 Å². The number of piperazine rings is 1. The van der Waals surface area contributed by atoms with Gasteiger partial charge in [-0.2, -0.15) is 0 Å². The topological polar surface area (TPSA) is 58.4 Å². The predicted molar refractivity (Wildman–Crippen MR) is 110 cm³/mol. The molecule has 1 aliphatic heterocycles. The second-order valence-electron chi connectivity index (χ2n) is 8.53. The number of nitrogens with zero attached hydrogens (tertiary/aromatic N) is 4. The van der Waals surface area contributed by atoms with Gasteiger partial charge < -0.3 is 4.90 Å². The zero-order chi connectivity index (χ0) is 19.7. The maximum Gasteiger partial charge on any atom is 0.261 e. The summed E-state index contributed by atoms with van der Waals surface area (Å²) in [6.45, 7) is 9.05. The van der Waals surface area contributed by atoms with Gasteiger partial charge in [-0.3, -0.25) is 19.1 Å². The predicted octanol–water partition coefficient (Wildman–Crippen LogP) is 2.46. The van der Waals surface area contributed by atoms with E-state index >= 15 is 0 Å². The van der Waals surface area contributed by atoms with Gasteiger partial charge in [0.15, 0.2) is 0 Å². The van der Waals surface area contributed by atoms with Crippen LogP contribution >= 0.6 is 0 Å². The molecule has 150 valence electrons. The van der Waals surface area contributed by atoms with Crippen molar-refractivity contribution < 1.29 is 4.79 Å². The van der Waals surface area contributed by atoms with Crippen LogP contribution in [0.2, 0.25) is 0 Å². The molecule has 6 nitrogen and oxygen atoms in total. The van der Waals surface area contributed by atoms with E-state index in [9.17, 15) is 9.59 Å². The number of hydrogen-bond donors (Lipinski definition) is 0. The molecule has 0 N–H and O–H groups in total. The van der Waals surface area contributed by atoms with Gasteiger partial charge in [0.05, 0.1) is 10.9 Å². The summed E-state index contributed by atoms with van der Waals surface area (Å²) in [6, 6.07) is 7.77. The van der Waals surface area contributed by atoms with Crippen LogP contribution in [-0.2, 0) is 11.2 Å². The van der Waals surface area contributed by atoms with Crippen molar-refractivity contribution in [2.75, 3.05) is 32.7 Å². The van der Waals surface area contributed by atoms with Gasteiger partial charge in [0.2, 0.25) is 5.91 Å². The van der Waals surface area contributed by atoms with Crippen LogP contribution < -0.4 is 5.56 Å². The molecule has 6 heteroatoms. The number of carbonyl (C=O) groups is 1. The summed E-state index contributed by atoms with van der Waals surface area (Å²) in [4.78, 5) is 34.8. The van der Waals surface area contributed by atoms with E-state index in [0.29, 0.717) is 24.1 Å². The molecule has 0 spiro atoms. The van der Waals surface area contributed by atoms with Crippen molar-refractivity contribution in [2.45, 2.75) is 45.6 Å². The smallest absolute Gasteiger partial charge is 0.261 e. The second kappa shape index (κ2) is 8.03. The number of fused-ring (bicyclic) bond motifs is 1. The first-order valence-corrected chi connectivity index (χ1v) is 10.5. The number of para-hydroxylation sites is 1. The van der Waals surface area contributed by atoms with E-state index in [0.717, 1.165) is 56.9 Å². The summed E-state index contributed by atoms with van der Waals surface area (Å²) in [5.41, 5.74) is 0.770. The highest BCUT2D eigenvalue weighted by Gasteiger charge is 2.29. The van der Waals surface area contributed by atoms with Crippen LogP contribution in [0.4, 0.5) is 0 Å². The molecule has 2 aliphatic rings. The van der Waals surface area contributed by atoms with E-state index in [2.05, 4.69) is 18.7 Å². The summed E-state index contributed by atoms with van der Waals surface area (Å²) in [5, 5.41) is 0.672. The second-order valence-corrected chi connectivity index (χ2v) is 8.53. The average Bonchev–Trinajstić information content (AvgIpc) is 3.51. The molecule has 1 saturated carbocycles. The molecule has 4 rings (SSSR count). The first-order chi connectivity index (χ1) is 13.5. The minimum Gasteiger partial charge on any atom is -0.340 e. The van der Waals surface area contributed by atoms with Crippen LogP contribution in [-0.4, -0.2) is 58.0 Å². The van der Waals surface area contributed by atoms with Gasteiger partial charge in [0.1, 0.15) is 5.82 Å². The van der Waals surface area contributed by atoms with Gasteiger partial charge in [-0.15, -0.1) is 0 Å². The third-order valence-corrected chi connectivity index (χ3v) is 5.70. The van der Waals surface area contributed by atoms with Crippen molar-refractivity contribution in [2.24, 2.45) is 5.92 Å². The average molecular weight is 383 g/mol. The molecule has 1 saturated heterocycles. The van der Waals surface area contributed by atoms with Crippen LogP contribution in [0, 0.1) is 5.92 Å². The SMILES string of the molecule is CC(C)CN1CCN(C(=O)CCc2nc3ccccc3c(=O)n2C2CC2)CC1. The van der Waals surface area contributed by atoms with Gasteiger partial charge in [-0.1, -0.05) is 26.0 Å². The number of carbonyl (C=O) groups excluding carboxylic acids is 1. The zero-order valence-corrected chi connectivity index (χ0v) is 16.9. The van der Waals surface area contributed by atoms with E-state index in [4.69, 9.17) is 4.98 Å².